The zero-order valence-electron chi connectivity index (χ0n) is 19.2. The first kappa shape index (κ1) is 23.6. The quantitative estimate of drug-likeness (QED) is 0.478. The summed E-state index contributed by atoms with van der Waals surface area (Å²) in [5.41, 5.74) is 4.93. The van der Waals surface area contributed by atoms with Crippen LogP contribution in [0.1, 0.15) is 41.3 Å². The molecule has 0 radical (unpaired) electrons. The smallest absolute Gasteiger partial charge is 0.257 e. The molecule has 0 saturated heterocycles. The van der Waals surface area contributed by atoms with Gasteiger partial charge in [0.25, 0.3) is 5.91 Å². The summed E-state index contributed by atoms with van der Waals surface area (Å²) in [5, 5.41) is 2.86. The highest BCUT2D eigenvalue weighted by atomic mass is 32.2. The van der Waals surface area contributed by atoms with Crippen LogP contribution >= 0.6 is 0 Å². The molecule has 32 heavy (non-hydrogen) atoms. The lowest BCUT2D eigenvalue weighted by Gasteiger charge is -2.14. The van der Waals surface area contributed by atoms with Gasteiger partial charge in [-0.05, 0) is 62.2 Å². The predicted octanol–water partition coefficient (Wildman–Crippen LogP) is 5.14. The number of sulfone groups is 1. The summed E-state index contributed by atoms with van der Waals surface area (Å²) in [4.78, 5) is 13.2. The van der Waals surface area contributed by atoms with Gasteiger partial charge in [-0.15, -0.1) is 0 Å². The number of carbonyl (C=O) groups is 1. The summed E-state index contributed by atoms with van der Waals surface area (Å²) in [6, 6.07) is 12.2. The van der Waals surface area contributed by atoms with Gasteiger partial charge in [0.05, 0.1) is 22.8 Å². The number of hydrogen-bond donors (Lipinski definition) is 1. The van der Waals surface area contributed by atoms with E-state index in [1.165, 1.54) is 12.1 Å². The zero-order chi connectivity index (χ0) is 23.5. The Labute approximate surface area is 190 Å². The number of benzene rings is 2. The summed E-state index contributed by atoms with van der Waals surface area (Å²) < 4.78 is 31.3. The van der Waals surface area contributed by atoms with Gasteiger partial charge in [0.1, 0.15) is 5.75 Å². The molecule has 0 unspecified atom stereocenters. The van der Waals surface area contributed by atoms with E-state index in [9.17, 15) is 13.2 Å². The number of hydrogen-bond acceptors (Lipinski definition) is 4. The highest BCUT2D eigenvalue weighted by Gasteiger charge is 2.20. The molecule has 7 heteroatoms. The minimum absolute atomic E-state index is 0.212. The molecule has 0 saturated carbocycles. The van der Waals surface area contributed by atoms with Gasteiger partial charge in [0, 0.05) is 30.8 Å². The fraction of sp³-hybridized carbons (Fsp3) is 0.320. The molecule has 0 atom stereocenters. The van der Waals surface area contributed by atoms with Crippen LogP contribution in [0.4, 0.5) is 5.69 Å². The van der Waals surface area contributed by atoms with Crippen LogP contribution < -0.4 is 10.1 Å². The monoisotopic (exact) mass is 454 g/mol. The van der Waals surface area contributed by atoms with Gasteiger partial charge >= 0.3 is 0 Å². The first-order chi connectivity index (χ1) is 15.1. The molecule has 6 nitrogen and oxygen atoms in total. The molecule has 0 aliphatic heterocycles. The molecule has 0 bridgehead atoms. The topological polar surface area (TPSA) is 77.4 Å². The Kier molecular flexibility index (Phi) is 7.09. The fourth-order valence-corrected chi connectivity index (χ4v) is 4.26. The van der Waals surface area contributed by atoms with E-state index in [0.29, 0.717) is 17.9 Å². The summed E-state index contributed by atoms with van der Waals surface area (Å²) in [7, 11) is -1.37. The van der Waals surface area contributed by atoms with Gasteiger partial charge in [-0.25, -0.2) is 8.42 Å². The van der Waals surface area contributed by atoms with Gasteiger partial charge in [-0.2, -0.15) is 0 Å². The Morgan fingerprint density at radius 3 is 2.41 bits per heavy atom. The van der Waals surface area contributed by atoms with E-state index in [0.717, 1.165) is 47.2 Å². The van der Waals surface area contributed by atoms with Crippen molar-refractivity contribution in [1.29, 1.82) is 0 Å². The fourth-order valence-electron chi connectivity index (χ4n) is 3.63. The Morgan fingerprint density at radius 1 is 1.09 bits per heavy atom. The molecule has 0 spiro atoms. The first-order valence-corrected chi connectivity index (χ1v) is 12.5. The summed E-state index contributed by atoms with van der Waals surface area (Å²) in [6.07, 6.45) is 5.00. The van der Waals surface area contributed by atoms with Crippen molar-refractivity contribution in [3.8, 4) is 17.0 Å². The molecule has 3 aromatic rings. The van der Waals surface area contributed by atoms with Gasteiger partial charge in [0.15, 0.2) is 9.84 Å². The van der Waals surface area contributed by atoms with E-state index in [1.807, 2.05) is 43.8 Å². The first-order valence-electron chi connectivity index (χ1n) is 10.6. The van der Waals surface area contributed by atoms with Crippen LogP contribution in [-0.4, -0.2) is 31.8 Å². The van der Waals surface area contributed by atoms with Gasteiger partial charge in [-0.1, -0.05) is 25.0 Å². The van der Waals surface area contributed by atoms with Crippen molar-refractivity contribution in [2.45, 2.75) is 38.5 Å². The zero-order valence-corrected chi connectivity index (χ0v) is 20.0. The van der Waals surface area contributed by atoms with Crippen molar-refractivity contribution < 1.29 is 17.9 Å². The Bertz CT molecular complexity index is 1230. The minimum Gasteiger partial charge on any atom is -0.493 e. The standard InChI is InChI=1S/C25H30N2O4S/c1-6-7-14-31-23-13-8-17(2)15-21(23)24-18(3)22(16-27(24)4)25(28)26-19-9-11-20(12-10-19)32(5,29)30/h8-13,15-16H,6-7,14H2,1-5H3,(H,26,28). The number of nitrogens with one attached hydrogen (secondary N) is 1. The molecular formula is C25H30N2O4S. The van der Waals surface area contributed by atoms with Gasteiger partial charge < -0.3 is 14.6 Å². The van der Waals surface area contributed by atoms with E-state index in [-0.39, 0.29) is 10.8 Å². The van der Waals surface area contributed by atoms with Gasteiger partial charge in [-0.3, -0.25) is 4.79 Å². The predicted molar refractivity (Wildman–Crippen MR) is 128 cm³/mol. The van der Waals surface area contributed by atoms with E-state index < -0.39 is 9.84 Å². The second-order valence-corrected chi connectivity index (χ2v) is 10.1. The molecule has 170 valence electrons. The third kappa shape index (κ3) is 5.22. The van der Waals surface area contributed by atoms with Crippen molar-refractivity contribution in [1.82, 2.24) is 4.57 Å². The Balaban J connectivity index is 1.91. The second kappa shape index (κ2) is 9.61. The van der Waals surface area contributed by atoms with Crippen LogP contribution in [0.15, 0.2) is 53.6 Å². The SMILES string of the molecule is CCCCOc1ccc(C)cc1-c1c(C)c(C(=O)Nc2ccc(S(C)(=O)=O)cc2)cn1C. The molecule has 1 amide bonds. The molecular weight excluding hydrogens is 424 g/mol. The molecule has 0 aliphatic carbocycles. The number of rotatable bonds is 8. The Morgan fingerprint density at radius 2 is 1.78 bits per heavy atom. The van der Waals surface area contributed by atoms with Crippen LogP contribution in [0, 0.1) is 13.8 Å². The molecule has 0 aliphatic rings. The summed E-state index contributed by atoms with van der Waals surface area (Å²) >= 11 is 0. The maximum atomic E-state index is 13.0. The van der Waals surface area contributed by atoms with Crippen LogP contribution in [0.25, 0.3) is 11.3 Å². The highest BCUT2D eigenvalue weighted by molar-refractivity contribution is 7.90. The van der Waals surface area contributed by atoms with Crippen molar-refractivity contribution in [3.63, 3.8) is 0 Å². The van der Waals surface area contributed by atoms with Crippen molar-refractivity contribution in [2.75, 3.05) is 18.2 Å². The average molecular weight is 455 g/mol. The largest absolute Gasteiger partial charge is 0.493 e. The number of aryl methyl sites for hydroxylation is 2. The van der Waals surface area contributed by atoms with Crippen molar-refractivity contribution in [3.05, 3.63) is 65.4 Å². The number of ether oxygens (including phenoxy) is 1. The average Bonchev–Trinajstić information content (AvgIpc) is 3.03. The third-order valence-corrected chi connectivity index (χ3v) is 6.49. The van der Waals surface area contributed by atoms with E-state index in [1.54, 1.807) is 12.1 Å². The maximum absolute atomic E-state index is 13.0. The summed E-state index contributed by atoms with van der Waals surface area (Å²) in [6.45, 7) is 6.73. The minimum atomic E-state index is -3.28. The van der Waals surface area contributed by atoms with Crippen molar-refractivity contribution in [2.24, 2.45) is 7.05 Å². The van der Waals surface area contributed by atoms with E-state index in [2.05, 4.69) is 18.3 Å². The van der Waals surface area contributed by atoms with Crippen LogP contribution in [0.5, 0.6) is 5.75 Å². The third-order valence-electron chi connectivity index (χ3n) is 5.37. The summed E-state index contributed by atoms with van der Waals surface area (Å²) in [5.74, 6) is 0.550. The number of carbonyl (C=O) groups excluding carboxylic acids is 1. The molecule has 0 fully saturated rings. The number of unbranched alkanes of at least 4 members (excludes halogenated alkanes) is 1. The van der Waals surface area contributed by atoms with E-state index >= 15 is 0 Å². The molecule has 3 rings (SSSR count). The number of nitrogens with zero attached hydrogens (tertiary/aromatic N) is 1. The van der Waals surface area contributed by atoms with Crippen LogP contribution in [-0.2, 0) is 16.9 Å². The van der Waals surface area contributed by atoms with Crippen LogP contribution in [0.3, 0.4) is 0 Å². The number of anilines is 1. The van der Waals surface area contributed by atoms with Gasteiger partial charge in [0.2, 0.25) is 0 Å². The molecule has 1 aromatic heterocycles. The Hall–Kier alpha value is -3.06. The maximum Gasteiger partial charge on any atom is 0.257 e. The lowest BCUT2D eigenvalue weighted by atomic mass is 10.0. The number of amides is 1. The van der Waals surface area contributed by atoms with Crippen LogP contribution in [0.2, 0.25) is 0 Å². The lowest BCUT2D eigenvalue weighted by molar-refractivity contribution is 0.102. The molecule has 1 N–H and O–H groups in total. The lowest BCUT2D eigenvalue weighted by Crippen LogP contribution is -2.12. The van der Waals surface area contributed by atoms with Crippen molar-refractivity contribution >= 4 is 21.4 Å². The molecule has 2 aromatic carbocycles. The normalized spacial score (nSPS) is 11.4. The highest BCUT2D eigenvalue weighted by Crippen LogP contribution is 2.35. The number of aromatic nitrogens is 1. The van der Waals surface area contributed by atoms with E-state index in [4.69, 9.17) is 4.74 Å². The second-order valence-electron chi connectivity index (χ2n) is 8.08. The molecule has 1 heterocycles.